The molecule has 0 radical (unpaired) electrons. The van der Waals surface area contributed by atoms with Crippen LogP contribution in [0, 0.1) is 11.7 Å². The highest BCUT2D eigenvalue weighted by Gasteiger charge is 2.14. The molecule has 0 aliphatic carbocycles. The van der Waals surface area contributed by atoms with E-state index in [1.807, 2.05) is 6.92 Å². The van der Waals surface area contributed by atoms with Gasteiger partial charge in [-0.1, -0.05) is 18.5 Å². The Morgan fingerprint density at radius 2 is 2.17 bits per heavy atom. The molecule has 0 aliphatic heterocycles. The van der Waals surface area contributed by atoms with E-state index >= 15 is 0 Å². The summed E-state index contributed by atoms with van der Waals surface area (Å²) in [7, 11) is 0. The number of hydrogen-bond acceptors (Lipinski definition) is 2. The van der Waals surface area contributed by atoms with Gasteiger partial charge in [0.2, 0.25) is 0 Å². The van der Waals surface area contributed by atoms with Crippen molar-refractivity contribution in [2.45, 2.75) is 19.9 Å². The zero-order chi connectivity index (χ0) is 13.7. The molecule has 0 saturated heterocycles. The first-order chi connectivity index (χ1) is 8.43. The maximum atomic E-state index is 13.1. The second-order valence-corrected chi connectivity index (χ2v) is 4.58. The summed E-state index contributed by atoms with van der Waals surface area (Å²) in [6.07, 6.45) is 0. The van der Waals surface area contributed by atoms with Crippen LogP contribution in [0.2, 0.25) is 5.02 Å². The zero-order valence-corrected chi connectivity index (χ0v) is 11.0. The first-order valence-electron chi connectivity index (χ1n) is 5.57. The summed E-state index contributed by atoms with van der Waals surface area (Å²) in [6.45, 7) is 3.58. The van der Waals surface area contributed by atoms with E-state index < -0.39 is 11.8 Å². The summed E-state index contributed by atoms with van der Waals surface area (Å²) in [6, 6.07) is 3.37. The number of nitrogens with one attached hydrogen (secondary N) is 2. The van der Waals surface area contributed by atoms with Crippen LogP contribution >= 0.6 is 11.6 Å². The first kappa shape index (κ1) is 14.7. The summed E-state index contributed by atoms with van der Waals surface area (Å²) < 4.78 is 13.1. The maximum absolute atomic E-state index is 13.1. The molecule has 6 heteroatoms. The minimum Gasteiger partial charge on any atom is -0.396 e. The summed E-state index contributed by atoms with van der Waals surface area (Å²) >= 11 is 5.53. The minimum atomic E-state index is -0.591. The van der Waals surface area contributed by atoms with Gasteiger partial charge in [0.05, 0.1) is 5.02 Å². The van der Waals surface area contributed by atoms with Gasteiger partial charge in [-0.15, -0.1) is 0 Å². The number of carbonyl (C=O) groups is 1. The number of aliphatic hydroxyl groups is 1. The van der Waals surface area contributed by atoms with Gasteiger partial charge in [-0.05, 0) is 31.0 Å². The van der Waals surface area contributed by atoms with Crippen LogP contribution in [0.15, 0.2) is 18.2 Å². The van der Waals surface area contributed by atoms with Gasteiger partial charge in [0, 0.05) is 18.3 Å². The molecule has 0 fully saturated rings. The number of rotatable bonds is 4. The standard InChI is InChI=1S/C12H16ClFN2O2/c1-7(6-17)8(2)15-12(18)16-9-3-4-10(13)11(14)5-9/h3-5,7-8,17H,6H2,1-2H3,(H2,15,16,18). The lowest BCUT2D eigenvalue weighted by atomic mass is 10.1. The van der Waals surface area contributed by atoms with Gasteiger partial charge in [-0.25, -0.2) is 9.18 Å². The maximum Gasteiger partial charge on any atom is 0.319 e. The Balaban J connectivity index is 2.57. The van der Waals surface area contributed by atoms with Crippen LogP contribution < -0.4 is 10.6 Å². The molecule has 0 bridgehead atoms. The first-order valence-corrected chi connectivity index (χ1v) is 5.95. The normalized spacial score (nSPS) is 13.8. The predicted octanol–water partition coefficient (Wildman–Crippen LogP) is 2.62. The number of amides is 2. The molecule has 0 saturated carbocycles. The van der Waals surface area contributed by atoms with Crippen molar-refractivity contribution < 1.29 is 14.3 Å². The largest absolute Gasteiger partial charge is 0.396 e. The molecule has 1 aromatic rings. The van der Waals surface area contributed by atoms with E-state index in [4.69, 9.17) is 16.7 Å². The molecule has 0 spiro atoms. The predicted molar refractivity (Wildman–Crippen MR) is 69.3 cm³/mol. The zero-order valence-electron chi connectivity index (χ0n) is 10.2. The van der Waals surface area contributed by atoms with Crippen LogP contribution in [-0.4, -0.2) is 23.8 Å². The van der Waals surface area contributed by atoms with Crippen molar-refractivity contribution >= 4 is 23.3 Å². The molecule has 0 heterocycles. The summed E-state index contributed by atoms with van der Waals surface area (Å²) in [5.41, 5.74) is 0.318. The van der Waals surface area contributed by atoms with E-state index in [2.05, 4.69) is 10.6 Å². The smallest absolute Gasteiger partial charge is 0.319 e. The fourth-order valence-electron chi connectivity index (χ4n) is 1.25. The summed E-state index contributed by atoms with van der Waals surface area (Å²) in [4.78, 5) is 11.6. The number of aliphatic hydroxyl groups excluding tert-OH is 1. The van der Waals surface area contributed by atoms with Gasteiger partial charge >= 0.3 is 6.03 Å². The molecule has 2 atom stereocenters. The van der Waals surface area contributed by atoms with Crippen molar-refractivity contribution in [2.75, 3.05) is 11.9 Å². The lowest BCUT2D eigenvalue weighted by Crippen LogP contribution is -2.40. The lowest BCUT2D eigenvalue weighted by molar-refractivity contribution is 0.204. The van der Waals surface area contributed by atoms with Crippen molar-refractivity contribution in [2.24, 2.45) is 5.92 Å². The average Bonchev–Trinajstić information content (AvgIpc) is 2.32. The van der Waals surface area contributed by atoms with Crippen LogP contribution in [-0.2, 0) is 0 Å². The molecule has 18 heavy (non-hydrogen) atoms. The SMILES string of the molecule is CC(CO)C(C)NC(=O)Nc1ccc(Cl)c(F)c1. The molecular formula is C12H16ClFN2O2. The molecule has 0 aliphatic rings. The van der Waals surface area contributed by atoms with E-state index in [1.165, 1.54) is 12.1 Å². The van der Waals surface area contributed by atoms with E-state index in [0.29, 0.717) is 5.69 Å². The average molecular weight is 275 g/mol. The fourth-order valence-corrected chi connectivity index (χ4v) is 1.37. The number of benzene rings is 1. The number of anilines is 1. The van der Waals surface area contributed by atoms with Crippen molar-refractivity contribution in [1.82, 2.24) is 5.32 Å². The second kappa shape index (κ2) is 6.56. The Bertz CT molecular complexity index is 429. The summed E-state index contributed by atoms with van der Waals surface area (Å²) in [5.74, 6) is -0.649. The highest BCUT2D eigenvalue weighted by molar-refractivity contribution is 6.30. The van der Waals surface area contributed by atoms with Crippen LogP contribution in [0.25, 0.3) is 0 Å². The van der Waals surface area contributed by atoms with E-state index in [-0.39, 0.29) is 23.6 Å². The van der Waals surface area contributed by atoms with Crippen LogP contribution in [0.5, 0.6) is 0 Å². The molecule has 3 N–H and O–H groups in total. The monoisotopic (exact) mass is 274 g/mol. The Morgan fingerprint density at radius 3 is 2.72 bits per heavy atom. The third kappa shape index (κ3) is 4.16. The third-order valence-electron chi connectivity index (χ3n) is 2.68. The van der Waals surface area contributed by atoms with Gasteiger partial charge < -0.3 is 15.7 Å². The molecule has 2 unspecified atom stereocenters. The number of carbonyl (C=O) groups excluding carboxylic acids is 1. The third-order valence-corrected chi connectivity index (χ3v) is 2.98. The van der Waals surface area contributed by atoms with E-state index in [9.17, 15) is 9.18 Å². The highest BCUT2D eigenvalue weighted by atomic mass is 35.5. The molecular weight excluding hydrogens is 259 g/mol. The van der Waals surface area contributed by atoms with Crippen LogP contribution in [0.4, 0.5) is 14.9 Å². The number of halogens is 2. The Kier molecular flexibility index (Phi) is 5.37. The molecule has 1 rings (SSSR count). The number of hydrogen-bond donors (Lipinski definition) is 3. The Morgan fingerprint density at radius 1 is 1.50 bits per heavy atom. The topological polar surface area (TPSA) is 61.4 Å². The van der Waals surface area contributed by atoms with Crippen LogP contribution in [0.3, 0.4) is 0 Å². The Labute approximate surface area is 110 Å². The van der Waals surface area contributed by atoms with Crippen LogP contribution in [0.1, 0.15) is 13.8 Å². The van der Waals surface area contributed by atoms with Crippen molar-refractivity contribution in [3.63, 3.8) is 0 Å². The molecule has 1 aromatic carbocycles. The van der Waals surface area contributed by atoms with Gasteiger partial charge in [-0.2, -0.15) is 0 Å². The quantitative estimate of drug-likeness (QED) is 0.790. The molecule has 0 aromatic heterocycles. The fraction of sp³-hybridized carbons (Fsp3) is 0.417. The van der Waals surface area contributed by atoms with Crippen molar-refractivity contribution in [3.8, 4) is 0 Å². The highest BCUT2D eigenvalue weighted by Crippen LogP contribution is 2.18. The van der Waals surface area contributed by atoms with Crippen molar-refractivity contribution in [3.05, 3.63) is 29.0 Å². The molecule has 100 valence electrons. The molecule has 4 nitrogen and oxygen atoms in total. The summed E-state index contributed by atoms with van der Waals surface area (Å²) in [5, 5.41) is 14.1. The number of urea groups is 1. The van der Waals surface area contributed by atoms with E-state index in [1.54, 1.807) is 6.92 Å². The second-order valence-electron chi connectivity index (χ2n) is 4.18. The van der Waals surface area contributed by atoms with E-state index in [0.717, 1.165) is 6.07 Å². The van der Waals surface area contributed by atoms with Gasteiger partial charge in [0.1, 0.15) is 5.82 Å². The molecule has 2 amide bonds. The Hall–Kier alpha value is -1.33. The van der Waals surface area contributed by atoms with Crippen molar-refractivity contribution in [1.29, 1.82) is 0 Å². The minimum absolute atomic E-state index is 0.00299. The van der Waals surface area contributed by atoms with Gasteiger partial charge in [0.15, 0.2) is 0 Å². The van der Waals surface area contributed by atoms with Gasteiger partial charge in [-0.3, -0.25) is 0 Å². The van der Waals surface area contributed by atoms with Gasteiger partial charge in [0.25, 0.3) is 0 Å². The lowest BCUT2D eigenvalue weighted by Gasteiger charge is -2.19.